The van der Waals surface area contributed by atoms with E-state index in [0.717, 1.165) is 35.6 Å². The fraction of sp³-hybridized carbons (Fsp3) is 0.368. The smallest absolute Gasteiger partial charge is 0.163 e. The van der Waals surface area contributed by atoms with Crippen molar-refractivity contribution in [1.29, 1.82) is 5.26 Å². The van der Waals surface area contributed by atoms with E-state index < -0.39 is 0 Å². The quantitative estimate of drug-likeness (QED) is 0.761. The Labute approximate surface area is 152 Å². The molecule has 0 atom stereocenters. The minimum absolute atomic E-state index is 0.404. The van der Waals surface area contributed by atoms with Crippen LogP contribution in [0.1, 0.15) is 25.7 Å². The van der Waals surface area contributed by atoms with Gasteiger partial charge in [-0.25, -0.2) is 14.6 Å². The lowest BCUT2D eigenvalue weighted by molar-refractivity contribution is 0.578. The van der Waals surface area contributed by atoms with Crippen molar-refractivity contribution in [2.75, 3.05) is 23.3 Å². The van der Waals surface area contributed by atoms with Crippen molar-refractivity contribution in [1.82, 2.24) is 19.7 Å². The number of anilines is 3. The maximum atomic E-state index is 8.76. The lowest BCUT2D eigenvalue weighted by Crippen LogP contribution is -2.29. The van der Waals surface area contributed by atoms with Gasteiger partial charge in [-0.05, 0) is 43.5 Å². The van der Waals surface area contributed by atoms with Crippen LogP contribution in [0, 0.1) is 11.3 Å². The molecule has 1 fully saturated rings. The molecule has 2 aromatic heterocycles. The van der Waals surface area contributed by atoms with Crippen LogP contribution in [0.4, 0.5) is 17.2 Å². The number of piperidine rings is 1. The minimum Gasteiger partial charge on any atom is -0.372 e. The third-order valence-electron chi connectivity index (χ3n) is 4.72. The third-order valence-corrected chi connectivity index (χ3v) is 4.72. The molecular formula is C19H21N7. The van der Waals surface area contributed by atoms with Gasteiger partial charge in [-0.3, -0.25) is 0 Å². The Morgan fingerprint density at radius 3 is 2.65 bits per heavy atom. The summed E-state index contributed by atoms with van der Waals surface area (Å²) in [5.74, 6) is 0.726. The van der Waals surface area contributed by atoms with Crippen LogP contribution in [0.2, 0.25) is 0 Å². The molecule has 1 aliphatic heterocycles. The number of rotatable bonds is 5. The van der Waals surface area contributed by atoms with Crippen LogP contribution in [0.25, 0.3) is 11.0 Å². The summed E-state index contributed by atoms with van der Waals surface area (Å²) in [6.07, 6.45) is 7.56. The molecule has 0 saturated carbocycles. The van der Waals surface area contributed by atoms with E-state index in [1.54, 1.807) is 10.9 Å². The number of hydrogen-bond donors (Lipinski definition) is 1. The summed E-state index contributed by atoms with van der Waals surface area (Å²) in [6.45, 7) is 2.81. The summed E-state index contributed by atoms with van der Waals surface area (Å²) >= 11 is 0. The number of fused-ring (bicyclic) bond motifs is 1. The molecule has 7 nitrogen and oxygen atoms in total. The molecule has 4 rings (SSSR count). The van der Waals surface area contributed by atoms with Gasteiger partial charge in [-0.15, -0.1) is 0 Å². The zero-order chi connectivity index (χ0) is 17.8. The molecule has 0 spiro atoms. The van der Waals surface area contributed by atoms with Gasteiger partial charge < -0.3 is 10.2 Å². The number of aromatic nitrogens is 4. The van der Waals surface area contributed by atoms with E-state index in [0.29, 0.717) is 13.0 Å². The van der Waals surface area contributed by atoms with Gasteiger partial charge in [0, 0.05) is 24.5 Å². The summed E-state index contributed by atoms with van der Waals surface area (Å²) in [6, 6.07) is 10.6. The van der Waals surface area contributed by atoms with Crippen LogP contribution in [0.15, 0.2) is 36.8 Å². The molecule has 26 heavy (non-hydrogen) atoms. The second kappa shape index (κ2) is 7.40. The highest BCUT2D eigenvalue weighted by Gasteiger charge is 2.12. The maximum Gasteiger partial charge on any atom is 0.163 e. The summed E-state index contributed by atoms with van der Waals surface area (Å²) in [7, 11) is 0. The Balaban J connectivity index is 1.53. The van der Waals surface area contributed by atoms with Crippen molar-refractivity contribution in [3.63, 3.8) is 0 Å². The summed E-state index contributed by atoms with van der Waals surface area (Å²) < 4.78 is 1.74. The number of hydrogen-bond acceptors (Lipinski definition) is 6. The molecule has 1 saturated heterocycles. The van der Waals surface area contributed by atoms with Crippen LogP contribution in [0.5, 0.6) is 0 Å². The summed E-state index contributed by atoms with van der Waals surface area (Å²) in [5.41, 5.74) is 2.99. The predicted molar refractivity (Wildman–Crippen MR) is 101 cm³/mol. The first-order valence-electron chi connectivity index (χ1n) is 9.00. The summed E-state index contributed by atoms with van der Waals surface area (Å²) in [5, 5.41) is 17.3. The average Bonchev–Trinajstić information content (AvgIpc) is 3.12. The highest BCUT2D eigenvalue weighted by atomic mass is 15.3. The Morgan fingerprint density at radius 1 is 1.08 bits per heavy atom. The molecule has 0 unspecified atom stereocenters. The standard InChI is InChI=1S/C19H21N7/c20-9-4-12-26-19-17(13-23-26)18(21-14-22-19)24-15-5-7-16(8-6-15)25-10-2-1-3-11-25/h5-8,13-14H,1-4,10-12H2,(H,21,22,24). The van der Waals surface area contributed by atoms with Crippen LogP contribution < -0.4 is 10.2 Å². The third kappa shape index (κ3) is 3.31. The molecule has 3 aromatic rings. The predicted octanol–water partition coefficient (Wildman–Crippen LogP) is 3.47. The van der Waals surface area contributed by atoms with E-state index in [9.17, 15) is 0 Å². The Morgan fingerprint density at radius 2 is 1.88 bits per heavy atom. The molecular weight excluding hydrogens is 326 g/mol. The second-order valence-electron chi connectivity index (χ2n) is 6.45. The van der Waals surface area contributed by atoms with Crippen molar-refractivity contribution in [3.05, 3.63) is 36.8 Å². The van der Waals surface area contributed by atoms with Gasteiger partial charge in [-0.1, -0.05) is 0 Å². The largest absolute Gasteiger partial charge is 0.372 e. The van der Waals surface area contributed by atoms with E-state index in [2.05, 4.69) is 55.6 Å². The first kappa shape index (κ1) is 16.3. The van der Waals surface area contributed by atoms with Gasteiger partial charge in [0.2, 0.25) is 0 Å². The van der Waals surface area contributed by atoms with Gasteiger partial charge in [-0.2, -0.15) is 10.4 Å². The molecule has 0 bridgehead atoms. The highest BCUT2D eigenvalue weighted by molar-refractivity contribution is 5.88. The van der Waals surface area contributed by atoms with Crippen molar-refractivity contribution in [3.8, 4) is 6.07 Å². The van der Waals surface area contributed by atoms with Crippen molar-refractivity contribution in [2.45, 2.75) is 32.2 Å². The SMILES string of the molecule is N#CCCn1ncc2c(Nc3ccc(N4CCCCC4)cc3)ncnc21. The Kier molecular flexibility index (Phi) is 4.65. The second-order valence-corrected chi connectivity index (χ2v) is 6.45. The fourth-order valence-electron chi connectivity index (χ4n) is 3.36. The Hall–Kier alpha value is -3.14. The van der Waals surface area contributed by atoms with E-state index in [1.165, 1.54) is 31.3 Å². The molecule has 1 aliphatic rings. The van der Waals surface area contributed by atoms with Crippen molar-refractivity contribution < 1.29 is 0 Å². The molecule has 0 radical (unpaired) electrons. The fourth-order valence-corrected chi connectivity index (χ4v) is 3.36. The minimum atomic E-state index is 0.404. The first-order valence-corrected chi connectivity index (χ1v) is 9.00. The van der Waals surface area contributed by atoms with Crippen LogP contribution in [0.3, 0.4) is 0 Å². The van der Waals surface area contributed by atoms with Gasteiger partial charge >= 0.3 is 0 Å². The van der Waals surface area contributed by atoms with Gasteiger partial charge in [0.25, 0.3) is 0 Å². The van der Waals surface area contributed by atoms with E-state index in [1.807, 2.05) is 0 Å². The highest BCUT2D eigenvalue weighted by Crippen LogP contribution is 2.26. The molecule has 1 aromatic carbocycles. The van der Waals surface area contributed by atoms with Gasteiger partial charge in [0.1, 0.15) is 12.1 Å². The number of aryl methyl sites for hydroxylation is 1. The van der Waals surface area contributed by atoms with Gasteiger partial charge in [0.15, 0.2) is 5.65 Å². The van der Waals surface area contributed by atoms with Crippen LogP contribution in [-0.4, -0.2) is 32.8 Å². The number of nitrogens with one attached hydrogen (secondary N) is 1. The zero-order valence-corrected chi connectivity index (χ0v) is 14.6. The van der Waals surface area contributed by atoms with E-state index >= 15 is 0 Å². The lowest BCUT2D eigenvalue weighted by Gasteiger charge is -2.28. The molecule has 0 amide bonds. The van der Waals surface area contributed by atoms with Crippen molar-refractivity contribution in [2.24, 2.45) is 0 Å². The molecule has 132 valence electrons. The van der Waals surface area contributed by atoms with Gasteiger partial charge in [0.05, 0.1) is 30.6 Å². The topological polar surface area (TPSA) is 82.7 Å². The van der Waals surface area contributed by atoms with Crippen LogP contribution >= 0.6 is 0 Å². The zero-order valence-electron chi connectivity index (χ0n) is 14.6. The van der Waals surface area contributed by atoms with E-state index in [-0.39, 0.29) is 0 Å². The Bertz CT molecular complexity index is 917. The number of benzene rings is 1. The monoisotopic (exact) mass is 347 g/mol. The average molecular weight is 347 g/mol. The normalized spacial score (nSPS) is 14.3. The molecule has 7 heteroatoms. The molecule has 3 heterocycles. The number of nitriles is 1. The molecule has 0 aliphatic carbocycles. The van der Waals surface area contributed by atoms with Crippen molar-refractivity contribution >= 4 is 28.2 Å². The number of nitrogens with zero attached hydrogens (tertiary/aromatic N) is 6. The maximum absolute atomic E-state index is 8.76. The molecule has 1 N–H and O–H groups in total. The lowest BCUT2D eigenvalue weighted by atomic mass is 10.1. The van der Waals surface area contributed by atoms with Crippen LogP contribution in [-0.2, 0) is 6.54 Å². The summed E-state index contributed by atoms with van der Waals surface area (Å²) in [4.78, 5) is 11.1. The first-order chi connectivity index (χ1) is 12.8. The van der Waals surface area contributed by atoms with E-state index in [4.69, 9.17) is 5.26 Å².